The van der Waals surface area contributed by atoms with E-state index in [1.165, 1.54) is 16.3 Å². The minimum absolute atomic E-state index is 0.279. The van der Waals surface area contributed by atoms with Gasteiger partial charge in [-0.05, 0) is 35.1 Å². The van der Waals surface area contributed by atoms with Gasteiger partial charge in [0.15, 0.2) is 0 Å². The Labute approximate surface area is 160 Å². The first-order valence-corrected chi connectivity index (χ1v) is 9.92. The lowest BCUT2D eigenvalue weighted by Crippen LogP contribution is -2.39. The summed E-state index contributed by atoms with van der Waals surface area (Å²) in [5, 5.41) is 10.1. The Morgan fingerprint density at radius 1 is 1.19 bits per heavy atom. The lowest BCUT2D eigenvalue weighted by molar-refractivity contribution is -0.133. The average molecular weight is 361 g/mol. The molecule has 1 unspecified atom stereocenters. The number of carbonyl (C=O) groups excluding carboxylic acids is 1. The minimum atomic E-state index is 0.279. The molecule has 0 bridgehead atoms. The molecule has 1 atom stereocenters. The molecule has 27 heavy (non-hydrogen) atoms. The van der Waals surface area contributed by atoms with Crippen molar-refractivity contribution in [3.05, 3.63) is 54.4 Å². The second-order valence-corrected chi connectivity index (χ2v) is 8.00. The van der Waals surface area contributed by atoms with E-state index in [2.05, 4.69) is 66.5 Å². The molecular weight excluding hydrogens is 334 g/mol. The van der Waals surface area contributed by atoms with Gasteiger partial charge in [-0.25, -0.2) is 0 Å². The summed E-state index contributed by atoms with van der Waals surface area (Å²) in [7, 11) is 0. The van der Waals surface area contributed by atoms with Crippen LogP contribution in [0, 0.1) is 5.92 Å². The standard InChI is InChI=1S/C23H27N3O/c1-16(2)13-22(27)26-12-6-9-18(15-26)23-21(14-24-25-23)20-11-5-8-17-7-3-4-10-19(17)20/h3-5,7-8,10-11,14,16,18H,6,9,12-13,15H2,1-2H3,(H,24,25). The van der Waals surface area contributed by atoms with Crippen molar-refractivity contribution >= 4 is 16.7 Å². The van der Waals surface area contributed by atoms with E-state index in [0.29, 0.717) is 18.3 Å². The number of likely N-dealkylation sites (tertiary alicyclic amines) is 1. The van der Waals surface area contributed by atoms with Crippen LogP contribution in [-0.2, 0) is 4.79 Å². The molecule has 4 heteroatoms. The molecule has 0 radical (unpaired) electrons. The number of nitrogens with zero attached hydrogens (tertiary/aromatic N) is 2. The molecule has 1 N–H and O–H groups in total. The van der Waals surface area contributed by atoms with Crippen molar-refractivity contribution in [3.63, 3.8) is 0 Å². The van der Waals surface area contributed by atoms with Gasteiger partial charge in [0.2, 0.25) is 5.91 Å². The number of amides is 1. The number of piperidine rings is 1. The summed E-state index contributed by atoms with van der Waals surface area (Å²) in [4.78, 5) is 14.6. The molecule has 4 rings (SSSR count). The highest BCUT2D eigenvalue weighted by Gasteiger charge is 2.28. The third-order valence-corrected chi connectivity index (χ3v) is 5.51. The van der Waals surface area contributed by atoms with E-state index in [-0.39, 0.29) is 5.91 Å². The van der Waals surface area contributed by atoms with Gasteiger partial charge in [0, 0.05) is 36.7 Å². The van der Waals surface area contributed by atoms with E-state index in [0.717, 1.165) is 37.2 Å². The topological polar surface area (TPSA) is 49.0 Å². The summed E-state index contributed by atoms with van der Waals surface area (Å²) in [6.07, 6.45) is 4.70. The largest absolute Gasteiger partial charge is 0.342 e. The minimum Gasteiger partial charge on any atom is -0.342 e. The number of carbonyl (C=O) groups is 1. The van der Waals surface area contributed by atoms with E-state index in [1.807, 2.05) is 11.1 Å². The molecule has 1 saturated heterocycles. The predicted molar refractivity (Wildman–Crippen MR) is 110 cm³/mol. The van der Waals surface area contributed by atoms with Gasteiger partial charge in [-0.3, -0.25) is 9.89 Å². The monoisotopic (exact) mass is 361 g/mol. The van der Waals surface area contributed by atoms with Crippen LogP contribution in [-0.4, -0.2) is 34.1 Å². The number of benzene rings is 2. The van der Waals surface area contributed by atoms with Crippen LogP contribution in [0.4, 0.5) is 0 Å². The number of hydrogen-bond donors (Lipinski definition) is 1. The summed E-state index contributed by atoms with van der Waals surface area (Å²) >= 11 is 0. The molecule has 3 aromatic rings. The summed E-state index contributed by atoms with van der Waals surface area (Å²) in [6, 6.07) is 14.9. The van der Waals surface area contributed by atoms with Crippen LogP contribution >= 0.6 is 0 Å². The molecule has 4 nitrogen and oxygen atoms in total. The van der Waals surface area contributed by atoms with Crippen molar-refractivity contribution < 1.29 is 4.79 Å². The Bertz CT molecular complexity index is 938. The van der Waals surface area contributed by atoms with Crippen molar-refractivity contribution in [1.29, 1.82) is 0 Å². The Hall–Kier alpha value is -2.62. The maximum atomic E-state index is 12.6. The number of nitrogens with one attached hydrogen (secondary N) is 1. The van der Waals surface area contributed by atoms with Gasteiger partial charge in [-0.2, -0.15) is 5.10 Å². The Balaban J connectivity index is 1.65. The fraction of sp³-hybridized carbons (Fsp3) is 0.391. The van der Waals surface area contributed by atoms with E-state index in [4.69, 9.17) is 0 Å². The SMILES string of the molecule is CC(C)CC(=O)N1CCCC(c2[nH]ncc2-c2cccc3ccccc23)C1. The van der Waals surface area contributed by atoms with Gasteiger partial charge in [0.1, 0.15) is 0 Å². The molecule has 1 aliphatic rings. The zero-order valence-corrected chi connectivity index (χ0v) is 16.1. The Kier molecular flexibility index (Phi) is 4.97. The molecule has 1 fully saturated rings. The highest BCUT2D eigenvalue weighted by Crippen LogP contribution is 2.36. The number of aromatic nitrogens is 2. The molecule has 0 spiro atoms. The van der Waals surface area contributed by atoms with Crippen LogP contribution in [0.2, 0.25) is 0 Å². The van der Waals surface area contributed by atoms with Crippen molar-refractivity contribution in [2.45, 2.75) is 39.0 Å². The van der Waals surface area contributed by atoms with Crippen molar-refractivity contribution in [2.24, 2.45) is 5.92 Å². The lowest BCUT2D eigenvalue weighted by Gasteiger charge is -2.33. The van der Waals surface area contributed by atoms with E-state index in [1.54, 1.807) is 0 Å². The maximum absolute atomic E-state index is 12.6. The first-order chi connectivity index (χ1) is 13.1. The first kappa shape index (κ1) is 17.8. The van der Waals surface area contributed by atoms with Crippen LogP contribution in [0.1, 0.15) is 44.7 Å². The van der Waals surface area contributed by atoms with Gasteiger partial charge >= 0.3 is 0 Å². The van der Waals surface area contributed by atoms with Gasteiger partial charge in [-0.15, -0.1) is 0 Å². The second kappa shape index (κ2) is 7.55. The van der Waals surface area contributed by atoms with Gasteiger partial charge < -0.3 is 4.90 Å². The molecule has 140 valence electrons. The number of fused-ring (bicyclic) bond motifs is 1. The Morgan fingerprint density at radius 2 is 2.00 bits per heavy atom. The molecule has 1 aliphatic heterocycles. The smallest absolute Gasteiger partial charge is 0.222 e. The highest BCUT2D eigenvalue weighted by atomic mass is 16.2. The van der Waals surface area contributed by atoms with Crippen molar-refractivity contribution in [1.82, 2.24) is 15.1 Å². The number of hydrogen-bond acceptors (Lipinski definition) is 2. The van der Waals surface area contributed by atoms with Crippen molar-refractivity contribution in [3.8, 4) is 11.1 Å². The molecule has 2 aromatic carbocycles. The highest BCUT2D eigenvalue weighted by molar-refractivity contribution is 5.97. The van der Waals surface area contributed by atoms with E-state index in [9.17, 15) is 4.79 Å². The third-order valence-electron chi connectivity index (χ3n) is 5.51. The summed E-state index contributed by atoms with van der Waals surface area (Å²) in [6.45, 7) is 5.87. The quantitative estimate of drug-likeness (QED) is 0.712. The van der Waals surface area contributed by atoms with Crippen LogP contribution in [0.25, 0.3) is 21.9 Å². The van der Waals surface area contributed by atoms with Crippen LogP contribution in [0.3, 0.4) is 0 Å². The van der Waals surface area contributed by atoms with Gasteiger partial charge in [0.05, 0.1) is 6.20 Å². The van der Waals surface area contributed by atoms with Crippen LogP contribution in [0.15, 0.2) is 48.7 Å². The summed E-state index contributed by atoms with van der Waals surface area (Å²) in [5.74, 6) is 0.989. The fourth-order valence-electron chi connectivity index (χ4n) is 4.20. The van der Waals surface area contributed by atoms with E-state index >= 15 is 0 Å². The fourth-order valence-corrected chi connectivity index (χ4v) is 4.20. The zero-order chi connectivity index (χ0) is 18.8. The number of rotatable bonds is 4. The Morgan fingerprint density at radius 3 is 2.85 bits per heavy atom. The third kappa shape index (κ3) is 3.61. The maximum Gasteiger partial charge on any atom is 0.222 e. The summed E-state index contributed by atoms with van der Waals surface area (Å²) < 4.78 is 0. The van der Waals surface area contributed by atoms with Crippen LogP contribution < -0.4 is 0 Å². The van der Waals surface area contributed by atoms with Gasteiger partial charge in [-0.1, -0.05) is 56.3 Å². The average Bonchev–Trinajstić information content (AvgIpc) is 3.17. The number of aromatic amines is 1. The predicted octanol–water partition coefficient (Wildman–Crippen LogP) is 4.98. The van der Waals surface area contributed by atoms with Gasteiger partial charge in [0.25, 0.3) is 0 Å². The number of H-pyrrole nitrogens is 1. The molecule has 1 amide bonds. The van der Waals surface area contributed by atoms with Crippen LogP contribution in [0.5, 0.6) is 0 Å². The first-order valence-electron chi connectivity index (χ1n) is 9.92. The molecular formula is C23H27N3O. The molecule has 0 saturated carbocycles. The molecule has 1 aromatic heterocycles. The van der Waals surface area contributed by atoms with Crippen molar-refractivity contribution in [2.75, 3.05) is 13.1 Å². The summed E-state index contributed by atoms with van der Waals surface area (Å²) in [5.41, 5.74) is 3.53. The van der Waals surface area contributed by atoms with E-state index < -0.39 is 0 Å². The lowest BCUT2D eigenvalue weighted by atomic mass is 9.89. The molecule has 0 aliphatic carbocycles. The normalized spacial score (nSPS) is 17.6. The second-order valence-electron chi connectivity index (χ2n) is 8.00. The zero-order valence-electron chi connectivity index (χ0n) is 16.1. The molecule has 2 heterocycles.